The summed E-state index contributed by atoms with van der Waals surface area (Å²) in [5.74, 6) is -0.132. The average Bonchev–Trinajstić information content (AvgIpc) is 2.27. The lowest BCUT2D eigenvalue weighted by molar-refractivity contribution is -0.141. The number of hydrogen-bond acceptors (Lipinski definition) is 4. The highest BCUT2D eigenvalue weighted by Gasteiger charge is 2.11. The molecule has 0 unspecified atom stereocenters. The third-order valence-electron chi connectivity index (χ3n) is 2.31. The molecule has 110 valence electrons. The average molecular weight is 335 g/mol. The quantitative estimate of drug-likeness (QED) is 0.504. The molecule has 0 heterocycles. The number of carbonyl (C=O) groups is 2. The van der Waals surface area contributed by atoms with Crippen LogP contribution in [0, 0.1) is 11.8 Å². The Labute approximate surface area is 123 Å². The molecule has 0 spiro atoms. The molecule has 5 heteroatoms. The van der Waals surface area contributed by atoms with Crippen LogP contribution in [-0.4, -0.2) is 25.2 Å². The molecular weight excluding hydrogens is 312 g/mol. The van der Waals surface area contributed by atoms with E-state index in [0.29, 0.717) is 25.0 Å². The SMILES string of the molecule is CC(C)CCOC(=O)/C=C(/Br)C(=O)OCCC(C)C. The Hall–Kier alpha value is -0.840. The van der Waals surface area contributed by atoms with Crippen LogP contribution in [0.25, 0.3) is 0 Å². The lowest BCUT2D eigenvalue weighted by Gasteiger charge is -2.07. The standard InChI is InChI=1S/C14H23BrO4/c1-10(2)5-7-18-13(16)9-12(15)14(17)19-8-6-11(3)4/h9-11H,5-8H2,1-4H3/b12-9+. The summed E-state index contributed by atoms with van der Waals surface area (Å²) in [6.07, 6.45) is 2.71. The molecule has 0 N–H and O–H groups in total. The minimum absolute atomic E-state index is 0.0887. The maximum Gasteiger partial charge on any atom is 0.345 e. The molecule has 0 radical (unpaired) electrons. The van der Waals surface area contributed by atoms with Crippen molar-refractivity contribution in [3.8, 4) is 0 Å². The third-order valence-corrected chi connectivity index (χ3v) is 2.86. The second-order valence-corrected chi connectivity index (χ2v) is 6.02. The van der Waals surface area contributed by atoms with E-state index in [2.05, 4.69) is 15.9 Å². The first-order chi connectivity index (χ1) is 8.82. The van der Waals surface area contributed by atoms with Gasteiger partial charge in [-0.05, 0) is 40.6 Å². The van der Waals surface area contributed by atoms with Crippen LogP contribution < -0.4 is 0 Å². The zero-order valence-electron chi connectivity index (χ0n) is 12.1. The predicted octanol–water partition coefficient (Wildman–Crippen LogP) is 3.44. The van der Waals surface area contributed by atoms with Crippen LogP contribution in [0.4, 0.5) is 0 Å². The van der Waals surface area contributed by atoms with Gasteiger partial charge in [0.25, 0.3) is 0 Å². The third kappa shape index (κ3) is 10.7. The number of esters is 2. The Kier molecular flexibility index (Phi) is 9.57. The van der Waals surface area contributed by atoms with Gasteiger partial charge >= 0.3 is 11.9 Å². The maximum atomic E-state index is 11.5. The number of rotatable bonds is 8. The van der Waals surface area contributed by atoms with E-state index >= 15 is 0 Å². The molecule has 0 saturated carbocycles. The van der Waals surface area contributed by atoms with Gasteiger partial charge < -0.3 is 9.47 Å². The Morgan fingerprint density at radius 3 is 1.95 bits per heavy atom. The van der Waals surface area contributed by atoms with Gasteiger partial charge in [-0.15, -0.1) is 0 Å². The summed E-state index contributed by atoms with van der Waals surface area (Å²) in [6.45, 7) is 8.89. The van der Waals surface area contributed by atoms with Crippen molar-refractivity contribution in [3.63, 3.8) is 0 Å². The molecule has 4 nitrogen and oxygen atoms in total. The molecule has 0 amide bonds. The first kappa shape index (κ1) is 18.2. The molecule has 19 heavy (non-hydrogen) atoms. The molecule has 0 bridgehead atoms. The largest absolute Gasteiger partial charge is 0.462 e. The lowest BCUT2D eigenvalue weighted by atomic mass is 10.1. The van der Waals surface area contributed by atoms with Gasteiger partial charge in [0.1, 0.15) is 4.48 Å². The van der Waals surface area contributed by atoms with Crippen LogP contribution in [0.3, 0.4) is 0 Å². The number of carbonyl (C=O) groups excluding carboxylic acids is 2. The van der Waals surface area contributed by atoms with Gasteiger partial charge in [0.15, 0.2) is 0 Å². The Morgan fingerprint density at radius 2 is 1.47 bits per heavy atom. The van der Waals surface area contributed by atoms with E-state index in [9.17, 15) is 9.59 Å². The molecule has 0 aromatic rings. The van der Waals surface area contributed by atoms with E-state index in [4.69, 9.17) is 9.47 Å². The summed E-state index contributed by atoms with van der Waals surface area (Å²) in [5.41, 5.74) is 0. The van der Waals surface area contributed by atoms with Gasteiger partial charge in [0, 0.05) is 6.08 Å². The molecular formula is C14H23BrO4. The molecule has 0 aliphatic rings. The van der Waals surface area contributed by atoms with Crippen LogP contribution in [0.2, 0.25) is 0 Å². The minimum atomic E-state index is -0.540. The van der Waals surface area contributed by atoms with Crippen LogP contribution >= 0.6 is 15.9 Å². The zero-order valence-corrected chi connectivity index (χ0v) is 13.7. The van der Waals surface area contributed by atoms with E-state index < -0.39 is 11.9 Å². The predicted molar refractivity (Wildman–Crippen MR) is 77.8 cm³/mol. The van der Waals surface area contributed by atoms with Crippen molar-refractivity contribution in [1.29, 1.82) is 0 Å². The number of halogens is 1. The number of hydrogen-bond donors (Lipinski definition) is 0. The van der Waals surface area contributed by atoms with Crippen molar-refractivity contribution in [3.05, 3.63) is 10.6 Å². The van der Waals surface area contributed by atoms with Crippen LogP contribution in [0.5, 0.6) is 0 Å². The van der Waals surface area contributed by atoms with Gasteiger partial charge in [-0.2, -0.15) is 0 Å². The smallest absolute Gasteiger partial charge is 0.345 e. The van der Waals surface area contributed by atoms with Crippen molar-refractivity contribution >= 4 is 27.9 Å². The topological polar surface area (TPSA) is 52.6 Å². The van der Waals surface area contributed by atoms with E-state index in [1.807, 2.05) is 27.7 Å². The first-order valence-electron chi connectivity index (χ1n) is 6.54. The first-order valence-corrected chi connectivity index (χ1v) is 7.33. The molecule has 0 rings (SSSR count). The van der Waals surface area contributed by atoms with E-state index in [-0.39, 0.29) is 4.48 Å². The zero-order chi connectivity index (χ0) is 14.8. The Balaban J connectivity index is 4.01. The normalized spacial score (nSPS) is 11.8. The van der Waals surface area contributed by atoms with Crippen molar-refractivity contribution < 1.29 is 19.1 Å². The van der Waals surface area contributed by atoms with Crippen molar-refractivity contribution in [1.82, 2.24) is 0 Å². The fraction of sp³-hybridized carbons (Fsp3) is 0.714. The number of ether oxygens (including phenoxy) is 2. The summed E-state index contributed by atoms with van der Waals surface area (Å²) in [7, 11) is 0. The highest BCUT2D eigenvalue weighted by molar-refractivity contribution is 9.12. The van der Waals surface area contributed by atoms with Crippen LogP contribution in [0.1, 0.15) is 40.5 Å². The summed E-state index contributed by atoms with van der Waals surface area (Å²) < 4.78 is 10.0. The molecule has 0 aliphatic heterocycles. The van der Waals surface area contributed by atoms with Crippen molar-refractivity contribution in [2.45, 2.75) is 40.5 Å². The molecule has 0 aliphatic carbocycles. The molecule has 0 saturated heterocycles. The second-order valence-electron chi connectivity index (χ2n) is 5.16. The fourth-order valence-corrected chi connectivity index (χ4v) is 1.36. The molecule has 0 aromatic carbocycles. The second kappa shape index (κ2) is 10.0. The van der Waals surface area contributed by atoms with Gasteiger partial charge in [-0.1, -0.05) is 27.7 Å². The minimum Gasteiger partial charge on any atom is -0.462 e. The van der Waals surface area contributed by atoms with E-state index in [0.717, 1.165) is 18.9 Å². The monoisotopic (exact) mass is 334 g/mol. The summed E-state index contributed by atoms with van der Waals surface area (Å²) in [4.78, 5) is 22.9. The molecule has 0 aromatic heterocycles. The van der Waals surface area contributed by atoms with Gasteiger partial charge in [-0.3, -0.25) is 0 Å². The Bertz CT molecular complexity index is 321. The molecule has 0 atom stereocenters. The van der Waals surface area contributed by atoms with E-state index in [1.54, 1.807) is 0 Å². The van der Waals surface area contributed by atoms with Crippen molar-refractivity contribution in [2.24, 2.45) is 11.8 Å². The van der Waals surface area contributed by atoms with Crippen LogP contribution in [-0.2, 0) is 19.1 Å². The highest BCUT2D eigenvalue weighted by Crippen LogP contribution is 2.09. The maximum absolute atomic E-state index is 11.5. The van der Waals surface area contributed by atoms with Gasteiger partial charge in [0.05, 0.1) is 13.2 Å². The van der Waals surface area contributed by atoms with Crippen LogP contribution in [0.15, 0.2) is 10.6 Å². The Morgan fingerprint density at radius 1 is 1.00 bits per heavy atom. The fourth-order valence-electron chi connectivity index (χ4n) is 1.06. The lowest BCUT2D eigenvalue weighted by Crippen LogP contribution is -2.10. The van der Waals surface area contributed by atoms with E-state index in [1.165, 1.54) is 0 Å². The van der Waals surface area contributed by atoms with Crippen molar-refractivity contribution in [2.75, 3.05) is 13.2 Å². The summed E-state index contributed by atoms with van der Waals surface area (Å²) in [6, 6.07) is 0. The summed E-state index contributed by atoms with van der Waals surface area (Å²) in [5, 5.41) is 0. The van der Waals surface area contributed by atoms with Gasteiger partial charge in [0.2, 0.25) is 0 Å². The molecule has 0 fully saturated rings. The summed E-state index contributed by atoms with van der Waals surface area (Å²) >= 11 is 3.02. The highest BCUT2D eigenvalue weighted by atomic mass is 79.9. The van der Waals surface area contributed by atoms with Gasteiger partial charge in [-0.25, -0.2) is 9.59 Å².